The lowest BCUT2D eigenvalue weighted by molar-refractivity contribution is 0.102. The van der Waals surface area contributed by atoms with Crippen LogP contribution in [0.5, 0.6) is 0 Å². The molecule has 0 aromatic heterocycles. The molecule has 0 radical (unpaired) electrons. The van der Waals surface area contributed by atoms with Crippen molar-refractivity contribution in [3.05, 3.63) is 58.9 Å². The van der Waals surface area contributed by atoms with E-state index in [-0.39, 0.29) is 5.02 Å². The third kappa shape index (κ3) is 3.93. The summed E-state index contributed by atoms with van der Waals surface area (Å²) in [5, 5.41) is 5.05. The highest BCUT2D eigenvalue weighted by atomic mass is 35.5. The molecule has 2 aromatic rings. The minimum absolute atomic E-state index is 0.107. The highest BCUT2D eigenvalue weighted by Crippen LogP contribution is 2.23. The number of urea groups is 1. The van der Waals surface area contributed by atoms with Gasteiger partial charge in [-0.25, -0.2) is 9.18 Å². The molecule has 0 aliphatic heterocycles. The van der Waals surface area contributed by atoms with Crippen molar-refractivity contribution >= 4 is 34.9 Å². The van der Waals surface area contributed by atoms with Crippen LogP contribution >= 0.6 is 11.6 Å². The number of carbonyl (C=O) groups is 2. The Morgan fingerprint density at radius 3 is 2.29 bits per heavy atom. The molecule has 4 N–H and O–H groups in total. The number of primary amides is 1. The Balaban J connectivity index is 2.11. The minimum Gasteiger partial charge on any atom is -0.351 e. The summed E-state index contributed by atoms with van der Waals surface area (Å²) in [4.78, 5) is 22.7. The Morgan fingerprint density at radius 1 is 1.05 bits per heavy atom. The Bertz CT molecular complexity index is 689. The van der Waals surface area contributed by atoms with Crippen LogP contribution in [0, 0.1) is 5.82 Å². The van der Waals surface area contributed by atoms with Crippen molar-refractivity contribution in [3.63, 3.8) is 0 Å². The number of carbonyl (C=O) groups excluding carboxylic acids is 2. The number of amides is 3. The SMILES string of the molecule is NC(=O)Nc1ccc(C(=O)Nc2ccc(F)cc2Cl)cc1. The molecule has 0 unspecified atom stereocenters. The van der Waals surface area contributed by atoms with E-state index in [2.05, 4.69) is 10.6 Å². The molecule has 0 bridgehead atoms. The molecule has 108 valence electrons. The van der Waals surface area contributed by atoms with Gasteiger partial charge in [0.05, 0.1) is 10.7 Å². The first-order valence-electron chi connectivity index (χ1n) is 5.88. The molecule has 0 saturated heterocycles. The second-order valence-corrected chi connectivity index (χ2v) is 4.55. The number of benzene rings is 2. The van der Waals surface area contributed by atoms with Crippen LogP contribution in [-0.2, 0) is 0 Å². The van der Waals surface area contributed by atoms with E-state index in [0.717, 1.165) is 6.07 Å². The largest absolute Gasteiger partial charge is 0.351 e. The molecule has 0 aliphatic rings. The number of hydrogen-bond acceptors (Lipinski definition) is 2. The molecule has 2 rings (SSSR count). The molecule has 5 nitrogen and oxygen atoms in total. The Labute approximate surface area is 124 Å². The van der Waals surface area contributed by atoms with Gasteiger partial charge in [-0.2, -0.15) is 0 Å². The van der Waals surface area contributed by atoms with Gasteiger partial charge in [-0.3, -0.25) is 4.79 Å². The van der Waals surface area contributed by atoms with Gasteiger partial charge in [0.15, 0.2) is 0 Å². The summed E-state index contributed by atoms with van der Waals surface area (Å²) >= 11 is 5.83. The Kier molecular flexibility index (Phi) is 4.39. The summed E-state index contributed by atoms with van der Waals surface area (Å²) in [6.45, 7) is 0. The van der Waals surface area contributed by atoms with Gasteiger partial charge in [0.25, 0.3) is 5.91 Å². The second-order valence-electron chi connectivity index (χ2n) is 4.14. The molecule has 0 saturated carbocycles. The predicted molar refractivity (Wildman–Crippen MR) is 79.0 cm³/mol. The topological polar surface area (TPSA) is 84.2 Å². The average molecular weight is 308 g/mol. The molecule has 0 heterocycles. The average Bonchev–Trinajstić information content (AvgIpc) is 2.42. The fourth-order valence-electron chi connectivity index (χ4n) is 1.63. The van der Waals surface area contributed by atoms with Gasteiger partial charge in [-0.15, -0.1) is 0 Å². The van der Waals surface area contributed by atoms with Crippen molar-refractivity contribution in [1.29, 1.82) is 0 Å². The van der Waals surface area contributed by atoms with Crippen LogP contribution < -0.4 is 16.4 Å². The maximum Gasteiger partial charge on any atom is 0.316 e. The zero-order valence-electron chi connectivity index (χ0n) is 10.7. The van der Waals surface area contributed by atoms with Gasteiger partial charge >= 0.3 is 6.03 Å². The monoisotopic (exact) mass is 307 g/mol. The normalized spacial score (nSPS) is 10.0. The van der Waals surface area contributed by atoms with Gasteiger partial charge in [-0.05, 0) is 42.5 Å². The molecule has 3 amide bonds. The van der Waals surface area contributed by atoms with Gasteiger partial charge in [0.2, 0.25) is 0 Å². The smallest absolute Gasteiger partial charge is 0.316 e. The van der Waals surface area contributed by atoms with E-state index in [1.165, 1.54) is 36.4 Å². The molecule has 7 heteroatoms. The first kappa shape index (κ1) is 14.8. The third-order valence-electron chi connectivity index (χ3n) is 2.59. The van der Waals surface area contributed by atoms with E-state index in [0.29, 0.717) is 16.9 Å². The fraction of sp³-hybridized carbons (Fsp3) is 0. The number of rotatable bonds is 3. The summed E-state index contributed by atoms with van der Waals surface area (Å²) in [6.07, 6.45) is 0. The zero-order chi connectivity index (χ0) is 15.4. The van der Waals surface area contributed by atoms with Crippen molar-refractivity contribution in [3.8, 4) is 0 Å². The number of anilines is 2. The Hall–Kier alpha value is -2.60. The van der Waals surface area contributed by atoms with Gasteiger partial charge < -0.3 is 16.4 Å². The summed E-state index contributed by atoms with van der Waals surface area (Å²) in [6, 6.07) is 9.08. The van der Waals surface area contributed by atoms with Crippen molar-refractivity contribution < 1.29 is 14.0 Å². The summed E-state index contributed by atoms with van der Waals surface area (Å²) < 4.78 is 12.9. The van der Waals surface area contributed by atoms with Crippen molar-refractivity contribution in [2.24, 2.45) is 5.73 Å². The highest BCUT2D eigenvalue weighted by Gasteiger charge is 2.09. The van der Waals surface area contributed by atoms with Gasteiger partial charge in [0.1, 0.15) is 5.82 Å². The van der Waals surface area contributed by atoms with E-state index in [4.69, 9.17) is 17.3 Å². The van der Waals surface area contributed by atoms with E-state index in [9.17, 15) is 14.0 Å². The van der Waals surface area contributed by atoms with Crippen molar-refractivity contribution in [1.82, 2.24) is 0 Å². The predicted octanol–water partition coefficient (Wildman–Crippen LogP) is 3.22. The lowest BCUT2D eigenvalue weighted by atomic mass is 10.2. The lowest BCUT2D eigenvalue weighted by Gasteiger charge is -2.08. The molecular weight excluding hydrogens is 297 g/mol. The molecule has 0 aliphatic carbocycles. The summed E-state index contributed by atoms with van der Waals surface area (Å²) in [5.41, 5.74) is 6.11. The van der Waals surface area contributed by atoms with Crippen LogP contribution in [0.3, 0.4) is 0 Å². The van der Waals surface area contributed by atoms with Crippen LogP contribution in [0.15, 0.2) is 42.5 Å². The molecular formula is C14H11ClFN3O2. The third-order valence-corrected chi connectivity index (χ3v) is 2.91. The van der Waals surface area contributed by atoms with E-state index >= 15 is 0 Å². The zero-order valence-corrected chi connectivity index (χ0v) is 11.4. The quantitative estimate of drug-likeness (QED) is 0.813. The van der Waals surface area contributed by atoms with Crippen molar-refractivity contribution in [2.45, 2.75) is 0 Å². The van der Waals surface area contributed by atoms with Crippen molar-refractivity contribution in [2.75, 3.05) is 10.6 Å². The van der Waals surface area contributed by atoms with Crippen LogP contribution in [-0.4, -0.2) is 11.9 Å². The summed E-state index contributed by atoms with van der Waals surface area (Å²) in [5.74, 6) is -0.894. The second kappa shape index (κ2) is 6.23. The van der Waals surface area contributed by atoms with Gasteiger partial charge in [-0.1, -0.05) is 11.6 Å². The molecule has 0 atom stereocenters. The fourth-order valence-corrected chi connectivity index (χ4v) is 1.85. The first-order chi connectivity index (χ1) is 9.95. The maximum atomic E-state index is 12.9. The van der Waals surface area contributed by atoms with Crippen LogP contribution in [0.1, 0.15) is 10.4 Å². The lowest BCUT2D eigenvalue weighted by Crippen LogP contribution is -2.19. The maximum absolute atomic E-state index is 12.9. The molecule has 0 spiro atoms. The number of nitrogens with one attached hydrogen (secondary N) is 2. The van der Waals surface area contributed by atoms with E-state index < -0.39 is 17.8 Å². The van der Waals surface area contributed by atoms with Crippen LogP contribution in [0.4, 0.5) is 20.6 Å². The Morgan fingerprint density at radius 2 is 1.71 bits per heavy atom. The molecule has 2 aromatic carbocycles. The van der Waals surface area contributed by atoms with Gasteiger partial charge in [0, 0.05) is 11.3 Å². The van der Waals surface area contributed by atoms with E-state index in [1.54, 1.807) is 0 Å². The number of nitrogens with two attached hydrogens (primary N) is 1. The standard InChI is InChI=1S/C14H11ClFN3O2/c15-11-7-9(16)3-6-12(11)19-13(20)8-1-4-10(5-2-8)18-14(17)21/h1-7H,(H,19,20)(H3,17,18,21). The first-order valence-corrected chi connectivity index (χ1v) is 6.26. The van der Waals surface area contributed by atoms with Crippen LogP contribution in [0.25, 0.3) is 0 Å². The minimum atomic E-state index is -0.690. The van der Waals surface area contributed by atoms with Crippen LogP contribution in [0.2, 0.25) is 5.02 Å². The highest BCUT2D eigenvalue weighted by molar-refractivity contribution is 6.33. The molecule has 21 heavy (non-hydrogen) atoms. The molecule has 0 fully saturated rings. The number of halogens is 2. The summed E-state index contributed by atoms with van der Waals surface area (Å²) in [7, 11) is 0. The van der Waals surface area contributed by atoms with E-state index in [1.807, 2.05) is 0 Å². The number of hydrogen-bond donors (Lipinski definition) is 3.